The zero-order chi connectivity index (χ0) is 14.1. The molecule has 1 aromatic carbocycles. The van der Waals surface area contributed by atoms with Gasteiger partial charge in [-0.05, 0) is 42.9 Å². The van der Waals surface area contributed by atoms with Gasteiger partial charge in [0.15, 0.2) is 0 Å². The number of hydrogen-bond acceptors (Lipinski definition) is 3. The Hall–Kier alpha value is -2.08. The first-order valence-corrected chi connectivity index (χ1v) is 7.14. The van der Waals surface area contributed by atoms with Gasteiger partial charge in [-0.2, -0.15) is 5.26 Å². The molecule has 20 heavy (non-hydrogen) atoms. The standard InChI is InChI=1S/C17H18N2O/c1-3-11-8-14-7-6-13(15(10-18)12-4-5-12)9-16(14)19-17(11)20-2/h6-9,12,15H,3-5H2,1-2H3. The van der Waals surface area contributed by atoms with Crippen LogP contribution in [0, 0.1) is 17.2 Å². The Kier molecular flexibility index (Phi) is 3.31. The van der Waals surface area contributed by atoms with E-state index in [2.05, 4.69) is 36.2 Å². The molecule has 3 heteroatoms. The van der Waals surface area contributed by atoms with Crippen molar-refractivity contribution in [2.24, 2.45) is 5.92 Å². The summed E-state index contributed by atoms with van der Waals surface area (Å²) in [4.78, 5) is 4.59. The number of aromatic nitrogens is 1. The minimum Gasteiger partial charge on any atom is -0.481 e. The number of aryl methyl sites for hydroxylation is 1. The molecule has 2 aromatic rings. The van der Waals surface area contributed by atoms with Gasteiger partial charge in [0.25, 0.3) is 0 Å². The monoisotopic (exact) mass is 266 g/mol. The summed E-state index contributed by atoms with van der Waals surface area (Å²) in [6, 6.07) is 10.8. The first-order chi connectivity index (χ1) is 9.76. The summed E-state index contributed by atoms with van der Waals surface area (Å²) in [6.07, 6.45) is 3.24. The van der Waals surface area contributed by atoms with Gasteiger partial charge in [-0.25, -0.2) is 4.98 Å². The fourth-order valence-corrected chi connectivity index (χ4v) is 2.72. The molecule has 0 aliphatic heterocycles. The van der Waals surface area contributed by atoms with E-state index in [4.69, 9.17) is 4.74 Å². The second-order valence-electron chi connectivity index (χ2n) is 5.41. The normalized spacial score (nSPS) is 15.8. The molecule has 102 valence electrons. The minimum absolute atomic E-state index is 0.0121. The lowest BCUT2D eigenvalue weighted by Crippen LogP contribution is -1.99. The topological polar surface area (TPSA) is 45.9 Å². The highest BCUT2D eigenvalue weighted by atomic mass is 16.5. The van der Waals surface area contributed by atoms with E-state index >= 15 is 0 Å². The summed E-state index contributed by atoms with van der Waals surface area (Å²) in [5, 5.41) is 10.5. The molecule has 0 spiro atoms. The van der Waals surface area contributed by atoms with Gasteiger partial charge < -0.3 is 4.74 Å². The van der Waals surface area contributed by atoms with Crippen LogP contribution in [0.5, 0.6) is 5.88 Å². The molecule has 0 saturated heterocycles. The average Bonchev–Trinajstić information content (AvgIpc) is 3.31. The van der Waals surface area contributed by atoms with E-state index in [-0.39, 0.29) is 5.92 Å². The summed E-state index contributed by atoms with van der Waals surface area (Å²) in [7, 11) is 1.65. The average molecular weight is 266 g/mol. The Bertz CT molecular complexity index is 683. The Labute approximate surface area is 119 Å². The number of nitriles is 1. The quantitative estimate of drug-likeness (QED) is 0.845. The maximum atomic E-state index is 9.35. The Morgan fingerprint density at radius 2 is 2.20 bits per heavy atom. The zero-order valence-corrected chi connectivity index (χ0v) is 11.9. The van der Waals surface area contributed by atoms with Crippen molar-refractivity contribution in [2.75, 3.05) is 7.11 Å². The molecule has 1 aromatic heterocycles. The molecule has 0 bridgehead atoms. The maximum absolute atomic E-state index is 9.35. The first-order valence-electron chi connectivity index (χ1n) is 7.14. The van der Waals surface area contributed by atoms with E-state index in [0.29, 0.717) is 11.8 Å². The molecule has 1 fully saturated rings. The number of hydrogen-bond donors (Lipinski definition) is 0. The lowest BCUT2D eigenvalue weighted by Gasteiger charge is -2.11. The first kappa shape index (κ1) is 12.9. The van der Waals surface area contributed by atoms with Gasteiger partial charge in [0.2, 0.25) is 5.88 Å². The second kappa shape index (κ2) is 5.13. The van der Waals surface area contributed by atoms with Gasteiger partial charge >= 0.3 is 0 Å². The molecule has 1 atom stereocenters. The molecule has 1 aliphatic rings. The van der Waals surface area contributed by atoms with Gasteiger partial charge in [0.1, 0.15) is 0 Å². The maximum Gasteiger partial charge on any atom is 0.216 e. The number of ether oxygens (including phenoxy) is 1. The van der Waals surface area contributed by atoms with Gasteiger partial charge in [-0.1, -0.05) is 19.1 Å². The molecule has 1 heterocycles. The van der Waals surface area contributed by atoms with Crippen molar-refractivity contribution in [3.63, 3.8) is 0 Å². The van der Waals surface area contributed by atoms with Crippen LogP contribution in [0.25, 0.3) is 10.9 Å². The highest BCUT2D eigenvalue weighted by Crippen LogP contribution is 2.42. The third kappa shape index (κ3) is 2.22. The highest BCUT2D eigenvalue weighted by Gasteiger charge is 2.32. The van der Waals surface area contributed by atoms with Gasteiger partial charge in [-0.15, -0.1) is 0 Å². The smallest absolute Gasteiger partial charge is 0.216 e. The van der Waals surface area contributed by atoms with Crippen LogP contribution in [0.2, 0.25) is 0 Å². The summed E-state index contributed by atoms with van der Waals surface area (Å²) in [6.45, 7) is 2.10. The number of benzene rings is 1. The number of pyridine rings is 1. The van der Waals surface area contributed by atoms with Crippen LogP contribution in [0.1, 0.15) is 36.8 Å². The SMILES string of the molecule is CCc1cc2ccc(C(C#N)C3CC3)cc2nc1OC. The Morgan fingerprint density at radius 3 is 2.80 bits per heavy atom. The highest BCUT2D eigenvalue weighted by molar-refractivity contribution is 5.81. The molecule has 1 unspecified atom stereocenters. The van der Waals surface area contributed by atoms with Crippen molar-refractivity contribution in [1.29, 1.82) is 5.26 Å². The molecule has 0 amide bonds. The number of nitrogens with zero attached hydrogens (tertiary/aromatic N) is 2. The second-order valence-corrected chi connectivity index (χ2v) is 5.41. The Morgan fingerprint density at radius 1 is 1.40 bits per heavy atom. The van der Waals surface area contributed by atoms with Gasteiger partial charge in [0.05, 0.1) is 24.6 Å². The molecule has 0 N–H and O–H groups in total. The molecule has 0 radical (unpaired) electrons. The van der Waals surface area contributed by atoms with Crippen LogP contribution >= 0.6 is 0 Å². The Balaban J connectivity index is 2.08. The zero-order valence-electron chi connectivity index (χ0n) is 11.9. The molecular formula is C17H18N2O. The lowest BCUT2D eigenvalue weighted by atomic mass is 9.94. The lowest BCUT2D eigenvalue weighted by molar-refractivity contribution is 0.395. The van der Waals surface area contributed by atoms with Crippen LogP contribution in [0.3, 0.4) is 0 Å². The summed E-state index contributed by atoms with van der Waals surface area (Å²) in [5.41, 5.74) is 3.12. The predicted octanol–water partition coefficient (Wildman–Crippen LogP) is 3.82. The summed E-state index contributed by atoms with van der Waals surface area (Å²) >= 11 is 0. The van der Waals surface area contributed by atoms with Crippen LogP contribution in [-0.4, -0.2) is 12.1 Å². The summed E-state index contributed by atoms with van der Waals surface area (Å²) < 4.78 is 5.35. The largest absolute Gasteiger partial charge is 0.481 e. The van der Waals surface area contributed by atoms with Crippen molar-refractivity contribution < 1.29 is 4.74 Å². The van der Waals surface area contributed by atoms with E-state index in [1.807, 2.05) is 6.07 Å². The van der Waals surface area contributed by atoms with Crippen molar-refractivity contribution in [2.45, 2.75) is 32.1 Å². The van der Waals surface area contributed by atoms with E-state index in [0.717, 1.165) is 28.5 Å². The van der Waals surface area contributed by atoms with E-state index in [1.165, 1.54) is 12.8 Å². The van der Waals surface area contributed by atoms with Gasteiger partial charge in [0, 0.05) is 10.9 Å². The molecule has 1 saturated carbocycles. The van der Waals surface area contributed by atoms with Crippen molar-refractivity contribution in [1.82, 2.24) is 4.98 Å². The van der Waals surface area contributed by atoms with E-state index in [9.17, 15) is 5.26 Å². The fourth-order valence-electron chi connectivity index (χ4n) is 2.72. The van der Waals surface area contributed by atoms with E-state index < -0.39 is 0 Å². The molecule has 3 nitrogen and oxygen atoms in total. The van der Waals surface area contributed by atoms with Crippen LogP contribution in [0.15, 0.2) is 24.3 Å². The number of fused-ring (bicyclic) bond motifs is 1. The van der Waals surface area contributed by atoms with Crippen molar-refractivity contribution in [3.05, 3.63) is 35.4 Å². The van der Waals surface area contributed by atoms with Crippen LogP contribution < -0.4 is 4.74 Å². The van der Waals surface area contributed by atoms with Crippen molar-refractivity contribution >= 4 is 10.9 Å². The van der Waals surface area contributed by atoms with Gasteiger partial charge in [-0.3, -0.25) is 0 Å². The number of rotatable bonds is 4. The molecular weight excluding hydrogens is 248 g/mol. The third-order valence-corrected chi connectivity index (χ3v) is 4.05. The minimum atomic E-state index is 0.0121. The molecule has 1 aliphatic carbocycles. The molecule has 3 rings (SSSR count). The fraction of sp³-hybridized carbons (Fsp3) is 0.412. The van der Waals surface area contributed by atoms with Crippen LogP contribution in [0.4, 0.5) is 0 Å². The van der Waals surface area contributed by atoms with Crippen LogP contribution in [-0.2, 0) is 6.42 Å². The number of methoxy groups -OCH3 is 1. The third-order valence-electron chi connectivity index (χ3n) is 4.05. The summed E-state index contributed by atoms with van der Waals surface area (Å²) in [5.74, 6) is 1.24. The van der Waals surface area contributed by atoms with Crippen molar-refractivity contribution in [3.8, 4) is 11.9 Å². The predicted molar refractivity (Wildman–Crippen MR) is 78.8 cm³/mol. The van der Waals surface area contributed by atoms with E-state index in [1.54, 1.807) is 7.11 Å².